The van der Waals surface area contributed by atoms with Crippen LogP contribution < -0.4 is 9.65 Å². The van der Waals surface area contributed by atoms with Crippen LogP contribution in [0.3, 0.4) is 0 Å². The molecule has 0 bridgehead atoms. The molecular formula is C10H21NOPSi-. The first-order valence-electron chi connectivity index (χ1n) is 4.74. The third kappa shape index (κ3) is 4.51. The SMILES string of the molecule is C=C/C=C/P([O-])N[Si](C)(C)C(C)(C)C. The molecule has 0 saturated heterocycles. The van der Waals surface area contributed by atoms with Crippen LogP contribution in [0.5, 0.6) is 0 Å². The lowest BCUT2D eigenvalue weighted by atomic mass is 10.2. The quantitative estimate of drug-likeness (QED) is 0.458. The van der Waals surface area contributed by atoms with Gasteiger partial charge in [-0.2, -0.15) is 0 Å². The fourth-order valence-corrected chi connectivity index (χ4v) is 4.74. The highest BCUT2D eigenvalue weighted by molar-refractivity contribution is 7.53. The van der Waals surface area contributed by atoms with Crippen molar-refractivity contribution in [1.29, 1.82) is 0 Å². The van der Waals surface area contributed by atoms with Gasteiger partial charge in [0.2, 0.25) is 0 Å². The lowest BCUT2D eigenvalue weighted by Crippen LogP contribution is -2.50. The fourth-order valence-electron chi connectivity index (χ4n) is 0.619. The summed E-state index contributed by atoms with van der Waals surface area (Å²) in [6, 6.07) is 0. The molecule has 1 N–H and O–H groups in total. The van der Waals surface area contributed by atoms with E-state index in [1.807, 2.05) is 0 Å². The van der Waals surface area contributed by atoms with Crippen molar-refractivity contribution in [2.24, 2.45) is 0 Å². The summed E-state index contributed by atoms with van der Waals surface area (Å²) in [7, 11) is -3.07. The van der Waals surface area contributed by atoms with Crippen molar-refractivity contribution in [3.8, 4) is 0 Å². The van der Waals surface area contributed by atoms with Gasteiger partial charge in [0.25, 0.3) is 0 Å². The third-order valence-electron chi connectivity index (χ3n) is 2.62. The maximum absolute atomic E-state index is 11.6. The smallest absolute Gasteiger partial charge is 0.127 e. The Bertz CT molecular complexity index is 221. The molecule has 0 amide bonds. The number of nitrogens with one attached hydrogen (secondary N) is 1. The average molecular weight is 230 g/mol. The van der Waals surface area contributed by atoms with Crippen LogP contribution in [0.1, 0.15) is 20.8 Å². The van der Waals surface area contributed by atoms with E-state index in [1.165, 1.54) is 0 Å². The molecule has 0 aliphatic carbocycles. The molecule has 1 unspecified atom stereocenters. The van der Waals surface area contributed by atoms with Gasteiger partial charge >= 0.3 is 0 Å². The zero-order valence-electron chi connectivity index (χ0n) is 9.79. The highest BCUT2D eigenvalue weighted by atomic mass is 31.2. The predicted molar refractivity (Wildman–Crippen MR) is 66.6 cm³/mol. The van der Waals surface area contributed by atoms with E-state index in [0.29, 0.717) is 0 Å². The standard InChI is InChI=1S/C10H21NOPSi/c1-7-8-9-13(12)11-14(5,6)10(2,3)4/h7-9,11H,1H2,2-6H3/q-1/b9-8+. The summed E-state index contributed by atoms with van der Waals surface area (Å²) in [6.45, 7) is 14.5. The monoisotopic (exact) mass is 230 g/mol. The summed E-state index contributed by atoms with van der Waals surface area (Å²) >= 11 is 0. The Balaban J connectivity index is 4.36. The Morgan fingerprint density at radius 3 is 2.21 bits per heavy atom. The zero-order valence-corrected chi connectivity index (χ0v) is 11.7. The van der Waals surface area contributed by atoms with E-state index in [9.17, 15) is 4.89 Å². The molecule has 0 rings (SSSR count). The minimum atomic E-state index is -1.64. The van der Waals surface area contributed by atoms with Gasteiger partial charge in [0.05, 0.1) is 0 Å². The topological polar surface area (TPSA) is 35.1 Å². The lowest BCUT2D eigenvalue weighted by Gasteiger charge is -2.41. The molecule has 0 heterocycles. The Morgan fingerprint density at radius 2 is 1.86 bits per heavy atom. The van der Waals surface area contributed by atoms with Gasteiger partial charge in [-0.15, -0.1) is 8.30 Å². The van der Waals surface area contributed by atoms with E-state index < -0.39 is 16.5 Å². The fraction of sp³-hybridized carbons (Fsp3) is 0.600. The second kappa shape index (κ2) is 5.22. The minimum absolute atomic E-state index is 0.208. The number of rotatable bonds is 4. The van der Waals surface area contributed by atoms with Gasteiger partial charge < -0.3 is 9.65 Å². The molecule has 0 aliphatic heterocycles. The maximum atomic E-state index is 11.6. The van der Waals surface area contributed by atoms with Crippen molar-refractivity contribution in [2.75, 3.05) is 0 Å². The van der Waals surface area contributed by atoms with Crippen molar-refractivity contribution < 1.29 is 4.89 Å². The van der Waals surface area contributed by atoms with Gasteiger partial charge in [0.1, 0.15) is 8.24 Å². The Labute approximate surface area is 90.1 Å². The lowest BCUT2D eigenvalue weighted by molar-refractivity contribution is -0.158. The molecule has 0 spiro atoms. The van der Waals surface area contributed by atoms with Crippen LogP contribution in [0, 0.1) is 0 Å². The molecule has 0 aliphatic rings. The van der Waals surface area contributed by atoms with Crippen LogP contribution >= 0.6 is 8.30 Å². The molecule has 0 radical (unpaired) electrons. The van der Waals surface area contributed by atoms with Crippen LogP contribution in [-0.2, 0) is 0 Å². The van der Waals surface area contributed by atoms with E-state index in [-0.39, 0.29) is 5.04 Å². The first-order chi connectivity index (χ1) is 6.20. The molecule has 14 heavy (non-hydrogen) atoms. The van der Waals surface area contributed by atoms with Crippen molar-refractivity contribution in [1.82, 2.24) is 4.75 Å². The van der Waals surface area contributed by atoms with Crippen molar-refractivity contribution in [3.05, 3.63) is 24.5 Å². The third-order valence-corrected chi connectivity index (χ3v) is 9.93. The van der Waals surface area contributed by atoms with Gasteiger partial charge in [0.15, 0.2) is 0 Å². The Kier molecular flexibility index (Phi) is 5.24. The second-order valence-electron chi connectivity index (χ2n) is 4.89. The average Bonchev–Trinajstić information content (AvgIpc) is 1.97. The zero-order chi connectivity index (χ0) is 11.4. The highest BCUT2D eigenvalue weighted by Gasteiger charge is 2.34. The van der Waals surface area contributed by atoms with E-state index >= 15 is 0 Å². The molecule has 1 atom stereocenters. The van der Waals surface area contributed by atoms with E-state index in [1.54, 1.807) is 18.0 Å². The Hall–Kier alpha value is 0.0469. The van der Waals surface area contributed by atoms with E-state index in [2.05, 4.69) is 45.2 Å². The summed E-state index contributed by atoms with van der Waals surface area (Å²) in [4.78, 5) is 11.6. The Morgan fingerprint density at radius 1 is 1.36 bits per heavy atom. The summed E-state index contributed by atoms with van der Waals surface area (Å²) < 4.78 is 3.24. The molecule has 4 heteroatoms. The van der Waals surface area contributed by atoms with Gasteiger partial charge in [-0.05, 0) is 5.04 Å². The molecule has 2 nitrogen and oxygen atoms in total. The maximum Gasteiger partial charge on any atom is 0.127 e. The number of allylic oxidation sites excluding steroid dienone is 2. The van der Waals surface area contributed by atoms with Gasteiger partial charge in [-0.1, -0.05) is 58.4 Å². The van der Waals surface area contributed by atoms with Crippen LogP contribution in [0.25, 0.3) is 0 Å². The molecule has 0 aromatic heterocycles. The first kappa shape index (κ1) is 14.0. The molecular weight excluding hydrogens is 209 g/mol. The van der Waals surface area contributed by atoms with Crippen molar-refractivity contribution in [2.45, 2.75) is 38.9 Å². The highest BCUT2D eigenvalue weighted by Crippen LogP contribution is 2.38. The van der Waals surface area contributed by atoms with E-state index in [4.69, 9.17) is 0 Å². The normalized spacial score (nSPS) is 15.9. The van der Waals surface area contributed by atoms with Crippen LogP contribution in [0.2, 0.25) is 18.1 Å². The molecule has 0 fully saturated rings. The molecule has 0 aromatic carbocycles. The molecule has 0 saturated carbocycles. The van der Waals surface area contributed by atoms with Gasteiger partial charge in [-0.3, -0.25) is 0 Å². The van der Waals surface area contributed by atoms with Crippen molar-refractivity contribution in [3.63, 3.8) is 0 Å². The number of hydrogen-bond donors (Lipinski definition) is 1. The van der Waals surface area contributed by atoms with Crippen molar-refractivity contribution >= 4 is 16.5 Å². The largest absolute Gasteiger partial charge is 0.815 e. The van der Waals surface area contributed by atoms with Crippen LogP contribution in [0.15, 0.2) is 24.5 Å². The van der Waals surface area contributed by atoms with Crippen LogP contribution in [0.4, 0.5) is 0 Å². The summed E-state index contributed by atoms with van der Waals surface area (Å²) in [5.74, 6) is 1.67. The summed E-state index contributed by atoms with van der Waals surface area (Å²) in [5, 5.41) is 0.208. The predicted octanol–water partition coefficient (Wildman–Crippen LogP) is 2.95. The summed E-state index contributed by atoms with van der Waals surface area (Å²) in [6.07, 6.45) is 3.36. The van der Waals surface area contributed by atoms with Gasteiger partial charge in [-0.25, -0.2) is 0 Å². The van der Waals surface area contributed by atoms with Gasteiger partial charge in [0, 0.05) is 0 Å². The van der Waals surface area contributed by atoms with Crippen LogP contribution in [-0.4, -0.2) is 8.24 Å². The molecule has 82 valence electrons. The summed E-state index contributed by atoms with van der Waals surface area (Å²) in [5.41, 5.74) is 0. The second-order valence-corrected chi connectivity index (χ2v) is 11.5. The first-order valence-corrected chi connectivity index (χ1v) is 9.07. The van der Waals surface area contributed by atoms with E-state index in [0.717, 1.165) is 0 Å². The molecule has 0 aromatic rings. The minimum Gasteiger partial charge on any atom is -0.815 e. The number of hydrogen-bond acceptors (Lipinski definition) is 2.